The van der Waals surface area contributed by atoms with E-state index in [1.54, 1.807) is 24.3 Å². The van der Waals surface area contributed by atoms with E-state index in [1.165, 1.54) is 19.3 Å². The van der Waals surface area contributed by atoms with Gasteiger partial charge in [0.2, 0.25) is 0 Å². The zero-order valence-corrected chi connectivity index (χ0v) is 13.6. The summed E-state index contributed by atoms with van der Waals surface area (Å²) in [5.74, 6) is 0.853. The van der Waals surface area contributed by atoms with Gasteiger partial charge >= 0.3 is 6.03 Å². The minimum atomic E-state index is -0.291. The lowest BCUT2D eigenvalue weighted by Crippen LogP contribution is -2.20. The van der Waals surface area contributed by atoms with Gasteiger partial charge in [0, 0.05) is 17.1 Å². The van der Waals surface area contributed by atoms with E-state index in [2.05, 4.69) is 10.6 Å². The van der Waals surface area contributed by atoms with Gasteiger partial charge in [-0.2, -0.15) is 0 Å². The Hall–Kier alpha value is -2.69. The molecule has 0 radical (unpaired) electrons. The molecule has 0 aliphatic heterocycles. The molecule has 0 bridgehead atoms. The van der Waals surface area contributed by atoms with Gasteiger partial charge < -0.3 is 21.1 Å². The first kappa shape index (κ1) is 16.2. The summed E-state index contributed by atoms with van der Waals surface area (Å²) in [7, 11) is 0. The standard InChI is InChI=1S/C19H23N3O2/c20-14-6-8-15(9-7-14)21-19(23)22-16-10-12-18(13-11-16)24-17-4-2-1-3-5-17/h6-13,17H,1-5,20H2,(H2,21,22,23). The molecule has 24 heavy (non-hydrogen) atoms. The Balaban J connectivity index is 1.51. The number of nitrogens with two attached hydrogens (primary N) is 1. The monoisotopic (exact) mass is 325 g/mol. The van der Waals surface area contributed by atoms with Crippen molar-refractivity contribution >= 4 is 23.1 Å². The van der Waals surface area contributed by atoms with E-state index in [4.69, 9.17) is 10.5 Å². The molecule has 2 aromatic carbocycles. The number of amides is 2. The highest BCUT2D eigenvalue weighted by molar-refractivity contribution is 5.99. The largest absolute Gasteiger partial charge is 0.490 e. The molecule has 0 saturated heterocycles. The van der Waals surface area contributed by atoms with Crippen molar-refractivity contribution in [2.24, 2.45) is 0 Å². The number of nitrogen functional groups attached to an aromatic ring is 1. The highest BCUT2D eigenvalue weighted by atomic mass is 16.5. The van der Waals surface area contributed by atoms with Crippen LogP contribution < -0.4 is 21.1 Å². The molecule has 0 unspecified atom stereocenters. The summed E-state index contributed by atoms with van der Waals surface area (Å²) in [4.78, 5) is 12.0. The van der Waals surface area contributed by atoms with E-state index in [9.17, 15) is 4.79 Å². The van der Waals surface area contributed by atoms with Crippen LogP contribution in [0.5, 0.6) is 5.75 Å². The van der Waals surface area contributed by atoms with Gasteiger partial charge in [0.25, 0.3) is 0 Å². The summed E-state index contributed by atoms with van der Waals surface area (Å²) in [6.45, 7) is 0. The molecule has 3 rings (SSSR count). The van der Waals surface area contributed by atoms with Crippen LogP contribution >= 0.6 is 0 Å². The van der Waals surface area contributed by atoms with Gasteiger partial charge in [-0.05, 0) is 74.2 Å². The molecule has 1 aliphatic rings. The molecule has 1 saturated carbocycles. The quantitative estimate of drug-likeness (QED) is 0.718. The first-order valence-electron chi connectivity index (χ1n) is 8.39. The number of nitrogens with one attached hydrogen (secondary N) is 2. The third kappa shape index (κ3) is 4.65. The van der Waals surface area contributed by atoms with E-state index < -0.39 is 0 Å². The second kappa shape index (κ2) is 7.73. The highest BCUT2D eigenvalue weighted by Gasteiger charge is 2.14. The van der Waals surface area contributed by atoms with Gasteiger partial charge in [0.1, 0.15) is 5.75 Å². The molecule has 0 spiro atoms. The van der Waals surface area contributed by atoms with Crippen LogP contribution in [0, 0.1) is 0 Å². The first-order chi connectivity index (χ1) is 11.7. The average Bonchev–Trinajstić information content (AvgIpc) is 2.60. The van der Waals surface area contributed by atoms with Gasteiger partial charge in [-0.1, -0.05) is 6.42 Å². The lowest BCUT2D eigenvalue weighted by Gasteiger charge is -2.23. The van der Waals surface area contributed by atoms with Crippen LogP contribution in [0.2, 0.25) is 0 Å². The summed E-state index contributed by atoms with van der Waals surface area (Å²) >= 11 is 0. The lowest BCUT2D eigenvalue weighted by molar-refractivity contribution is 0.155. The number of carbonyl (C=O) groups excluding carboxylic acids is 1. The number of carbonyl (C=O) groups is 1. The normalized spacial score (nSPS) is 14.8. The number of benzene rings is 2. The summed E-state index contributed by atoms with van der Waals surface area (Å²) < 4.78 is 5.98. The van der Waals surface area contributed by atoms with Gasteiger partial charge in [-0.15, -0.1) is 0 Å². The average molecular weight is 325 g/mol. The molecule has 0 atom stereocenters. The van der Waals surface area contributed by atoms with Crippen molar-refractivity contribution in [3.8, 4) is 5.75 Å². The predicted octanol–water partition coefficient (Wildman–Crippen LogP) is 4.62. The maximum absolute atomic E-state index is 12.0. The Bertz CT molecular complexity index is 662. The molecule has 4 N–H and O–H groups in total. The predicted molar refractivity (Wildman–Crippen MR) is 97.4 cm³/mol. The van der Waals surface area contributed by atoms with Crippen molar-refractivity contribution in [2.45, 2.75) is 38.2 Å². The van der Waals surface area contributed by atoms with Crippen LogP contribution in [-0.2, 0) is 0 Å². The van der Waals surface area contributed by atoms with Crippen LogP contribution in [0.15, 0.2) is 48.5 Å². The molecule has 2 aromatic rings. The van der Waals surface area contributed by atoms with E-state index in [0.717, 1.165) is 24.3 Å². The van der Waals surface area contributed by atoms with Crippen molar-refractivity contribution in [1.29, 1.82) is 0 Å². The molecule has 5 heteroatoms. The van der Waals surface area contributed by atoms with Crippen LogP contribution in [0.3, 0.4) is 0 Å². The van der Waals surface area contributed by atoms with Crippen molar-refractivity contribution in [3.63, 3.8) is 0 Å². The van der Waals surface area contributed by atoms with Gasteiger partial charge in [0.05, 0.1) is 6.10 Å². The molecule has 2 amide bonds. The first-order valence-corrected chi connectivity index (χ1v) is 8.39. The molecule has 0 aromatic heterocycles. The smallest absolute Gasteiger partial charge is 0.323 e. The maximum Gasteiger partial charge on any atom is 0.323 e. The maximum atomic E-state index is 12.0. The number of urea groups is 1. The van der Waals surface area contributed by atoms with Crippen molar-refractivity contribution in [3.05, 3.63) is 48.5 Å². The summed E-state index contributed by atoms with van der Waals surface area (Å²) in [6, 6.07) is 14.2. The third-order valence-corrected chi connectivity index (χ3v) is 4.14. The summed E-state index contributed by atoms with van der Waals surface area (Å²) in [5, 5.41) is 5.56. The fraction of sp³-hybridized carbons (Fsp3) is 0.316. The zero-order valence-electron chi connectivity index (χ0n) is 13.6. The topological polar surface area (TPSA) is 76.4 Å². The molecular formula is C19H23N3O2. The third-order valence-electron chi connectivity index (χ3n) is 4.14. The Labute approximate surface area is 142 Å². The number of rotatable bonds is 4. The summed E-state index contributed by atoms with van der Waals surface area (Å²) in [6.07, 6.45) is 6.39. The molecule has 126 valence electrons. The molecule has 1 fully saturated rings. The molecule has 1 aliphatic carbocycles. The number of anilines is 3. The Morgan fingerprint density at radius 2 is 1.42 bits per heavy atom. The van der Waals surface area contributed by atoms with Crippen LogP contribution in [0.25, 0.3) is 0 Å². The van der Waals surface area contributed by atoms with Crippen molar-refractivity contribution in [1.82, 2.24) is 0 Å². The van der Waals surface area contributed by atoms with E-state index in [-0.39, 0.29) is 6.03 Å². The fourth-order valence-corrected chi connectivity index (χ4v) is 2.85. The van der Waals surface area contributed by atoms with Crippen LogP contribution in [-0.4, -0.2) is 12.1 Å². The Kier molecular flexibility index (Phi) is 5.21. The number of hydrogen-bond acceptors (Lipinski definition) is 3. The second-order valence-corrected chi connectivity index (χ2v) is 6.10. The SMILES string of the molecule is Nc1ccc(NC(=O)Nc2ccc(OC3CCCCC3)cc2)cc1. The second-order valence-electron chi connectivity index (χ2n) is 6.10. The fourth-order valence-electron chi connectivity index (χ4n) is 2.85. The minimum absolute atomic E-state index is 0.291. The summed E-state index contributed by atoms with van der Waals surface area (Å²) in [5.41, 5.74) is 7.70. The minimum Gasteiger partial charge on any atom is -0.490 e. The van der Waals surface area contributed by atoms with E-state index in [1.807, 2.05) is 24.3 Å². The van der Waals surface area contributed by atoms with E-state index in [0.29, 0.717) is 17.5 Å². The lowest BCUT2D eigenvalue weighted by atomic mass is 9.98. The molecule has 5 nitrogen and oxygen atoms in total. The Morgan fingerprint density at radius 1 is 0.875 bits per heavy atom. The van der Waals surface area contributed by atoms with Crippen LogP contribution in [0.4, 0.5) is 21.9 Å². The van der Waals surface area contributed by atoms with Gasteiger partial charge in [0.15, 0.2) is 0 Å². The van der Waals surface area contributed by atoms with E-state index >= 15 is 0 Å². The number of hydrogen-bond donors (Lipinski definition) is 3. The molecular weight excluding hydrogens is 302 g/mol. The van der Waals surface area contributed by atoms with Gasteiger partial charge in [-0.3, -0.25) is 0 Å². The molecule has 0 heterocycles. The highest BCUT2D eigenvalue weighted by Crippen LogP contribution is 2.24. The van der Waals surface area contributed by atoms with Crippen molar-refractivity contribution in [2.75, 3.05) is 16.4 Å². The number of ether oxygens (including phenoxy) is 1. The van der Waals surface area contributed by atoms with Crippen molar-refractivity contribution < 1.29 is 9.53 Å². The van der Waals surface area contributed by atoms with Crippen LogP contribution in [0.1, 0.15) is 32.1 Å². The Morgan fingerprint density at radius 3 is 2.00 bits per heavy atom. The zero-order chi connectivity index (χ0) is 16.8. The van der Waals surface area contributed by atoms with Gasteiger partial charge in [-0.25, -0.2) is 4.79 Å².